The summed E-state index contributed by atoms with van der Waals surface area (Å²) in [6.07, 6.45) is 3.43. The molecule has 11 heteroatoms. The smallest absolute Gasteiger partial charge is 0.333 e. The van der Waals surface area contributed by atoms with Crippen molar-refractivity contribution in [2.45, 2.75) is 76.9 Å². The number of aliphatic carboxylic acids is 1. The number of thiazole rings is 1. The molecule has 1 aromatic carbocycles. The average Bonchev–Trinajstić information content (AvgIpc) is 3.55. The van der Waals surface area contributed by atoms with Crippen molar-refractivity contribution in [2.24, 2.45) is 0 Å². The van der Waals surface area contributed by atoms with Gasteiger partial charge in [0.05, 0.1) is 29.0 Å². The van der Waals surface area contributed by atoms with Gasteiger partial charge in [-0.3, -0.25) is 9.36 Å². The summed E-state index contributed by atoms with van der Waals surface area (Å²) in [5.74, 6) is -1.28. The summed E-state index contributed by atoms with van der Waals surface area (Å²) in [6, 6.07) is 9.57. The number of ether oxygens (including phenoxy) is 1. The first-order chi connectivity index (χ1) is 18.6. The van der Waals surface area contributed by atoms with Crippen molar-refractivity contribution >= 4 is 38.9 Å². The minimum atomic E-state index is -1.78. The lowest BCUT2D eigenvalue weighted by atomic mass is 9.95. The molecule has 1 aliphatic carbocycles. The number of fused-ring (bicyclic) bond motifs is 1. The fraction of sp³-hybridized carbons (Fsp3) is 0.429. The van der Waals surface area contributed by atoms with Crippen LogP contribution < -0.4 is 11.2 Å². The Hall–Kier alpha value is -3.12. The molecular formula is C28H31N3O6S2. The lowest BCUT2D eigenvalue weighted by Gasteiger charge is -2.31. The van der Waals surface area contributed by atoms with Crippen LogP contribution in [-0.2, 0) is 21.6 Å². The zero-order valence-corrected chi connectivity index (χ0v) is 23.6. The van der Waals surface area contributed by atoms with Crippen molar-refractivity contribution in [1.82, 2.24) is 14.1 Å². The first-order valence-corrected chi connectivity index (χ1v) is 14.6. The third kappa shape index (κ3) is 5.11. The van der Waals surface area contributed by atoms with E-state index in [9.17, 15) is 24.6 Å². The number of hydrogen-bond acceptors (Lipinski definition) is 8. The van der Waals surface area contributed by atoms with Crippen LogP contribution in [-0.4, -0.2) is 42.5 Å². The quantitative estimate of drug-likeness (QED) is 0.319. The standard InChI is InChI=1S/C28H31N3O6S2/c1-16-21-24(33)31(28(2,3)26(34)35)27(36)30(25(21)39-22(16)23-29-13-14-38-23)15-20(17-7-5-4-6-8-17)37-19-11-9-18(32)10-12-19/h4-8,13-14,18-20,32H,9-12,15H2,1-3H3,(H,34,35)/t18?,19?,20-/m0/s1. The van der Waals surface area contributed by atoms with E-state index in [1.807, 2.05) is 42.6 Å². The van der Waals surface area contributed by atoms with Crippen LogP contribution in [0.25, 0.3) is 20.1 Å². The first kappa shape index (κ1) is 27.4. The number of carboxylic acids is 1. The molecule has 1 atom stereocenters. The van der Waals surface area contributed by atoms with E-state index in [2.05, 4.69) is 4.98 Å². The van der Waals surface area contributed by atoms with E-state index < -0.39 is 28.9 Å². The number of aromatic nitrogens is 3. The molecule has 0 radical (unpaired) electrons. The number of carbonyl (C=O) groups is 1. The lowest BCUT2D eigenvalue weighted by Crippen LogP contribution is -2.52. The Balaban J connectivity index is 1.71. The van der Waals surface area contributed by atoms with Crippen LogP contribution in [0.3, 0.4) is 0 Å². The van der Waals surface area contributed by atoms with Gasteiger partial charge in [-0.1, -0.05) is 30.3 Å². The summed E-state index contributed by atoms with van der Waals surface area (Å²) in [6.45, 7) is 4.61. The monoisotopic (exact) mass is 569 g/mol. The molecule has 39 heavy (non-hydrogen) atoms. The van der Waals surface area contributed by atoms with E-state index in [0.29, 0.717) is 41.5 Å². The predicted molar refractivity (Wildman–Crippen MR) is 152 cm³/mol. The third-order valence-electron chi connectivity index (χ3n) is 7.44. The highest BCUT2D eigenvalue weighted by molar-refractivity contribution is 7.25. The van der Waals surface area contributed by atoms with E-state index in [0.717, 1.165) is 20.0 Å². The van der Waals surface area contributed by atoms with E-state index in [4.69, 9.17) is 4.74 Å². The highest BCUT2D eigenvalue weighted by atomic mass is 32.1. The Labute approximate surface area is 233 Å². The average molecular weight is 570 g/mol. The Kier molecular flexibility index (Phi) is 7.60. The van der Waals surface area contributed by atoms with Gasteiger partial charge in [-0.2, -0.15) is 0 Å². The van der Waals surface area contributed by atoms with Crippen LogP contribution in [0.1, 0.15) is 56.8 Å². The van der Waals surface area contributed by atoms with Gasteiger partial charge in [0.1, 0.15) is 21.5 Å². The molecule has 0 bridgehead atoms. The molecular weight excluding hydrogens is 538 g/mol. The van der Waals surface area contributed by atoms with Crippen molar-refractivity contribution in [3.8, 4) is 9.88 Å². The van der Waals surface area contributed by atoms with Gasteiger partial charge in [0, 0.05) is 11.6 Å². The molecule has 9 nitrogen and oxygen atoms in total. The second-order valence-electron chi connectivity index (χ2n) is 10.4. The number of aryl methyl sites for hydroxylation is 1. The summed E-state index contributed by atoms with van der Waals surface area (Å²) in [4.78, 5) is 45.7. The van der Waals surface area contributed by atoms with Crippen molar-refractivity contribution in [3.63, 3.8) is 0 Å². The van der Waals surface area contributed by atoms with Crippen LogP contribution in [0, 0.1) is 6.92 Å². The molecule has 1 fully saturated rings. The molecule has 0 amide bonds. The first-order valence-electron chi connectivity index (χ1n) is 12.9. The van der Waals surface area contributed by atoms with Gasteiger partial charge in [0.25, 0.3) is 5.56 Å². The van der Waals surface area contributed by atoms with Gasteiger partial charge in [0.15, 0.2) is 0 Å². The molecule has 0 aliphatic heterocycles. The molecule has 3 aromatic heterocycles. The van der Waals surface area contributed by atoms with E-state index in [-0.39, 0.29) is 18.8 Å². The van der Waals surface area contributed by atoms with Gasteiger partial charge in [-0.05, 0) is 57.6 Å². The number of benzene rings is 1. The lowest BCUT2D eigenvalue weighted by molar-refractivity contribution is -0.146. The second kappa shape index (κ2) is 10.8. The number of carboxylic acid groups (broad SMARTS) is 1. The maximum absolute atomic E-state index is 14.0. The van der Waals surface area contributed by atoms with Gasteiger partial charge in [-0.15, -0.1) is 22.7 Å². The minimum Gasteiger partial charge on any atom is -0.480 e. The number of aliphatic hydroxyl groups is 1. The van der Waals surface area contributed by atoms with E-state index in [1.165, 1.54) is 41.1 Å². The van der Waals surface area contributed by atoms with Crippen LogP contribution in [0.2, 0.25) is 0 Å². The number of hydrogen-bond donors (Lipinski definition) is 2. The topological polar surface area (TPSA) is 124 Å². The Morgan fingerprint density at radius 3 is 2.49 bits per heavy atom. The summed E-state index contributed by atoms with van der Waals surface area (Å²) in [5.41, 5.74) is -1.57. The molecule has 3 heterocycles. The Bertz CT molecular complexity index is 1600. The fourth-order valence-corrected chi connectivity index (χ4v) is 7.21. The third-order valence-corrected chi connectivity index (χ3v) is 9.68. The molecule has 0 unspecified atom stereocenters. The van der Waals surface area contributed by atoms with Gasteiger partial charge in [-0.25, -0.2) is 19.1 Å². The number of thiophene rings is 1. The molecule has 5 rings (SSSR count). The van der Waals surface area contributed by atoms with E-state index >= 15 is 0 Å². The summed E-state index contributed by atoms with van der Waals surface area (Å²) < 4.78 is 8.91. The van der Waals surface area contributed by atoms with E-state index in [1.54, 1.807) is 6.20 Å². The number of nitrogens with zero attached hydrogens (tertiary/aromatic N) is 3. The Morgan fingerprint density at radius 1 is 1.18 bits per heavy atom. The van der Waals surface area contributed by atoms with Crippen LogP contribution >= 0.6 is 22.7 Å². The van der Waals surface area contributed by atoms with Crippen LogP contribution in [0.15, 0.2) is 51.5 Å². The minimum absolute atomic E-state index is 0.0889. The zero-order valence-electron chi connectivity index (χ0n) is 22.0. The van der Waals surface area contributed by atoms with Crippen molar-refractivity contribution < 1.29 is 19.7 Å². The van der Waals surface area contributed by atoms with Crippen molar-refractivity contribution in [2.75, 3.05) is 0 Å². The predicted octanol–water partition coefficient (Wildman–Crippen LogP) is 4.54. The Morgan fingerprint density at radius 2 is 1.87 bits per heavy atom. The summed E-state index contributed by atoms with van der Waals surface area (Å²) in [5, 5.41) is 22.8. The summed E-state index contributed by atoms with van der Waals surface area (Å²) in [7, 11) is 0. The SMILES string of the molecule is Cc1c(-c2nccs2)sc2c1c(=O)n(C(C)(C)C(=O)O)c(=O)n2C[C@H](OC1CCC(O)CC1)c1ccccc1. The molecule has 4 aromatic rings. The number of rotatable bonds is 8. The highest BCUT2D eigenvalue weighted by Crippen LogP contribution is 2.38. The largest absolute Gasteiger partial charge is 0.480 e. The molecule has 206 valence electrons. The molecule has 0 spiro atoms. The highest BCUT2D eigenvalue weighted by Gasteiger charge is 2.36. The van der Waals surface area contributed by atoms with Gasteiger partial charge >= 0.3 is 11.7 Å². The maximum Gasteiger partial charge on any atom is 0.333 e. The van der Waals surface area contributed by atoms with Gasteiger partial charge in [0.2, 0.25) is 0 Å². The zero-order chi connectivity index (χ0) is 27.9. The van der Waals surface area contributed by atoms with Crippen molar-refractivity contribution in [3.05, 3.63) is 73.9 Å². The molecule has 2 N–H and O–H groups in total. The molecule has 1 aliphatic rings. The van der Waals surface area contributed by atoms with Crippen LogP contribution in [0.4, 0.5) is 0 Å². The maximum atomic E-state index is 14.0. The normalized spacial score (nSPS) is 18.9. The van der Waals surface area contributed by atoms with Crippen molar-refractivity contribution in [1.29, 1.82) is 0 Å². The molecule has 1 saturated carbocycles. The molecule has 0 saturated heterocycles. The number of aliphatic hydroxyl groups excluding tert-OH is 1. The summed E-state index contributed by atoms with van der Waals surface area (Å²) >= 11 is 2.74. The van der Waals surface area contributed by atoms with Crippen LogP contribution in [0.5, 0.6) is 0 Å². The fourth-order valence-electron chi connectivity index (χ4n) is 5.11. The second-order valence-corrected chi connectivity index (χ2v) is 12.3. The van der Waals surface area contributed by atoms with Gasteiger partial charge < -0.3 is 14.9 Å².